The van der Waals surface area contributed by atoms with Gasteiger partial charge in [0.2, 0.25) is 0 Å². The molecule has 0 amide bonds. The van der Waals surface area contributed by atoms with Crippen LogP contribution in [0.15, 0.2) is 24.3 Å². The smallest absolute Gasteiger partial charge is 0.341 e. The fraction of sp³-hybridized carbons (Fsp3) is 0.385. The summed E-state index contributed by atoms with van der Waals surface area (Å²) in [6.07, 6.45) is 0. The van der Waals surface area contributed by atoms with Gasteiger partial charge in [-0.25, -0.2) is 4.79 Å². The van der Waals surface area contributed by atoms with Crippen LogP contribution in [0.2, 0.25) is 0 Å². The van der Waals surface area contributed by atoms with E-state index in [1.807, 2.05) is 26.8 Å². The molecule has 1 heterocycles. The summed E-state index contributed by atoms with van der Waals surface area (Å²) in [6.45, 7) is 5.66. The van der Waals surface area contributed by atoms with Crippen molar-refractivity contribution in [1.29, 1.82) is 0 Å². The van der Waals surface area contributed by atoms with Crippen molar-refractivity contribution >= 4 is 5.97 Å². The Morgan fingerprint density at radius 3 is 2.80 bits per heavy atom. The summed E-state index contributed by atoms with van der Waals surface area (Å²) in [5.74, 6) is 0.154. The Labute approximate surface area is 116 Å². The predicted molar refractivity (Wildman–Crippen MR) is 71.0 cm³/mol. The summed E-state index contributed by atoms with van der Waals surface area (Å²) < 4.78 is 6.77. The third-order valence-electron chi connectivity index (χ3n) is 2.56. The van der Waals surface area contributed by atoms with Gasteiger partial charge in [0.25, 0.3) is 0 Å². The first-order valence-electron chi connectivity index (χ1n) is 6.12. The summed E-state index contributed by atoms with van der Waals surface area (Å²) in [6, 6.07) is 6.99. The summed E-state index contributed by atoms with van der Waals surface area (Å²) in [4.78, 5) is 10.5. The molecule has 0 saturated carbocycles. The van der Waals surface area contributed by atoms with Crippen LogP contribution in [-0.4, -0.2) is 37.9 Å². The van der Waals surface area contributed by atoms with Crippen LogP contribution >= 0.6 is 0 Å². The van der Waals surface area contributed by atoms with Crippen molar-refractivity contribution in [3.63, 3.8) is 0 Å². The summed E-state index contributed by atoms with van der Waals surface area (Å²) in [7, 11) is 0. The molecule has 106 valence electrons. The number of aromatic nitrogens is 4. The lowest BCUT2D eigenvalue weighted by Gasteiger charge is -2.17. The van der Waals surface area contributed by atoms with Crippen molar-refractivity contribution in [2.75, 3.05) is 6.61 Å². The van der Waals surface area contributed by atoms with Crippen LogP contribution in [0.3, 0.4) is 0 Å². The van der Waals surface area contributed by atoms with Gasteiger partial charge in [0.05, 0.1) is 5.69 Å². The second-order valence-electron chi connectivity index (χ2n) is 5.34. The SMILES string of the molecule is CC(C)(C)c1nnnn1-c1cccc(OCC(=O)O)c1. The number of nitrogens with zero attached hydrogens (tertiary/aromatic N) is 4. The highest BCUT2D eigenvalue weighted by atomic mass is 16.5. The predicted octanol–water partition coefficient (Wildman–Crippen LogP) is 1.42. The zero-order valence-corrected chi connectivity index (χ0v) is 11.6. The second kappa shape index (κ2) is 5.28. The Morgan fingerprint density at radius 1 is 1.40 bits per heavy atom. The van der Waals surface area contributed by atoms with Gasteiger partial charge in [-0.15, -0.1) is 5.10 Å². The number of carbonyl (C=O) groups is 1. The number of tetrazole rings is 1. The van der Waals surface area contributed by atoms with Gasteiger partial charge in [0.15, 0.2) is 12.4 Å². The molecule has 0 radical (unpaired) electrons. The maximum Gasteiger partial charge on any atom is 0.341 e. The van der Waals surface area contributed by atoms with Crippen LogP contribution in [0.5, 0.6) is 5.75 Å². The largest absolute Gasteiger partial charge is 0.482 e. The highest BCUT2D eigenvalue weighted by molar-refractivity contribution is 5.68. The maximum absolute atomic E-state index is 10.5. The van der Waals surface area contributed by atoms with Crippen molar-refractivity contribution in [2.24, 2.45) is 0 Å². The fourth-order valence-electron chi connectivity index (χ4n) is 1.68. The maximum atomic E-state index is 10.5. The van der Waals surface area contributed by atoms with E-state index in [1.165, 1.54) is 0 Å². The number of hydrogen-bond acceptors (Lipinski definition) is 5. The summed E-state index contributed by atoms with van der Waals surface area (Å²) in [5, 5.41) is 20.3. The molecule has 1 aromatic heterocycles. The number of rotatable bonds is 4. The quantitative estimate of drug-likeness (QED) is 0.908. The molecule has 0 bridgehead atoms. The lowest BCUT2D eigenvalue weighted by molar-refractivity contribution is -0.139. The Morgan fingerprint density at radius 2 is 2.15 bits per heavy atom. The molecular weight excluding hydrogens is 260 g/mol. The van der Waals surface area contributed by atoms with Crippen LogP contribution in [-0.2, 0) is 10.2 Å². The fourth-order valence-corrected chi connectivity index (χ4v) is 1.68. The number of benzene rings is 1. The van der Waals surface area contributed by atoms with Crippen LogP contribution < -0.4 is 4.74 Å². The molecule has 0 fully saturated rings. The van der Waals surface area contributed by atoms with Gasteiger partial charge in [-0.05, 0) is 22.6 Å². The molecule has 0 saturated heterocycles. The van der Waals surface area contributed by atoms with Crippen molar-refractivity contribution in [3.05, 3.63) is 30.1 Å². The minimum absolute atomic E-state index is 0.207. The lowest BCUT2D eigenvalue weighted by atomic mass is 9.96. The number of ether oxygens (including phenoxy) is 1. The number of hydrogen-bond donors (Lipinski definition) is 1. The lowest BCUT2D eigenvalue weighted by Crippen LogP contribution is -2.19. The minimum atomic E-state index is -1.02. The minimum Gasteiger partial charge on any atom is -0.482 e. The standard InChI is InChI=1S/C13H16N4O3/c1-13(2,3)12-14-15-16-17(12)9-5-4-6-10(7-9)20-8-11(18)19/h4-7H,8H2,1-3H3,(H,18,19). The average molecular weight is 276 g/mol. The van der Waals surface area contributed by atoms with Crippen LogP contribution in [0, 0.1) is 0 Å². The first-order valence-corrected chi connectivity index (χ1v) is 6.12. The van der Waals surface area contributed by atoms with Gasteiger partial charge in [0.1, 0.15) is 5.75 Å². The van der Waals surface area contributed by atoms with Crippen molar-refractivity contribution in [1.82, 2.24) is 20.2 Å². The number of carboxylic acid groups (broad SMARTS) is 1. The van der Waals surface area contributed by atoms with Crippen molar-refractivity contribution in [2.45, 2.75) is 26.2 Å². The third kappa shape index (κ3) is 3.11. The number of aliphatic carboxylic acids is 1. The Balaban J connectivity index is 2.32. The zero-order valence-electron chi connectivity index (χ0n) is 11.6. The van der Waals surface area contributed by atoms with E-state index in [-0.39, 0.29) is 12.0 Å². The molecule has 7 nitrogen and oxygen atoms in total. The van der Waals surface area contributed by atoms with E-state index < -0.39 is 5.97 Å². The van der Waals surface area contributed by atoms with Gasteiger partial charge in [-0.1, -0.05) is 26.8 Å². The van der Waals surface area contributed by atoms with Crippen LogP contribution in [0.25, 0.3) is 5.69 Å². The zero-order chi connectivity index (χ0) is 14.8. The van der Waals surface area contributed by atoms with E-state index in [1.54, 1.807) is 22.9 Å². The summed E-state index contributed by atoms with van der Waals surface area (Å²) >= 11 is 0. The molecule has 0 unspecified atom stereocenters. The van der Waals surface area contributed by atoms with Crippen molar-refractivity contribution in [3.8, 4) is 11.4 Å². The van der Waals surface area contributed by atoms with E-state index in [0.29, 0.717) is 11.6 Å². The normalized spacial score (nSPS) is 11.3. The Hall–Kier alpha value is -2.44. The van der Waals surface area contributed by atoms with Crippen LogP contribution in [0.1, 0.15) is 26.6 Å². The van der Waals surface area contributed by atoms with Gasteiger partial charge < -0.3 is 9.84 Å². The second-order valence-corrected chi connectivity index (χ2v) is 5.34. The van der Waals surface area contributed by atoms with Gasteiger partial charge >= 0.3 is 5.97 Å². The van der Waals surface area contributed by atoms with E-state index in [9.17, 15) is 4.79 Å². The van der Waals surface area contributed by atoms with E-state index in [2.05, 4.69) is 15.5 Å². The molecule has 1 N–H and O–H groups in total. The molecular formula is C13H16N4O3. The third-order valence-corrected chi connectivity index (χ3v) is 2.56. The van der Waals surface area contributed by atoms with Gasteiger partial charge in [0, 0.05) is 11.5 Å². The Bertz CT molecular complexity index is 616. The van der Waals surface area contributed by atoms with Gasteiger partial charge in [-0.2, -0.15) is 4.68 Å². The molecule has 2 rings (SSSR count). The molecule has 0 aliphatic carbocycles. The van der Waals surface area contributed by atoms with E-state index in [0.717, 1.165) is 5.69 Å². The molecule has 0 atom stereocenters. The highest BCUT2D eigenvalue weighted by Crippen LogP contribution is 2.23. The van der Waals surface area contributed by atoms with E-state index >= 15 is 0 Å². The molecule has 0 aliphatic rings. The molecule has 20 heavy (non-hydrogen) atoms. The first-order chi connectivity index (χ1) is 9.38. The average Bonchev–Trinajstić information content (AvgIpc) is 2.86. The molecule has 0 aliphatic heterocycles. The topological polar surface area (TPSA) is 90.1 Å². The summed E-state index contributed by atoms with van der Waals surface area (Å²) in [5.41, 5.74) is 0.518. The molecule has 2 aromatic rings. The monoisotopic (exact) mass is 276 g/mol. The number of carboxylic acids is 1. The molecule has 1 aromatic carbocycles. The van der Waals surface area contributed by atoms with Crippen LogP contribution in [0.4, 0.5) is 0 Å². The first kappa shape index (κ1) is 14.0. The molecule has 0 spiro atoms. The Kier molecular flexibility index (Phi) is 3.69. The van der Waals surface area contributed by atoms with E-state index in [4.69, 9.17) is 9.84 Å². The van der Waals surface area contributed by atoms with Gasteiger partial charge in [-0.3, -0.25) is 0 Å². The van der Waals surface area contributed by atoms with Crippen molar-refractivity contribution < 1.29 is 14.6 Å². The highest BCUT2D eigenvalue weighted by Gasteiger charge is 2.22. The molecule has 7 heteroatoms.